The lowest BCUT2D eigenvalue weighted by Crippen LogP contribution is -2.12. The summed E-state index contributed by atoms with van der Waals surface area (Å²) in [4.78, 5) is 11.4. The molecule has 0 saturated heterocycles. The molecule has 0 atom stereocenters. The first-order valence-electron chi connectivity index (χ1n) is 7.83. The van der Waals surface area contributed by atoms with E-state index >= 15 is 0 Å². The van der Waals surface area contributed by atoms with Crippen molar-refractivity contribution in [2.45, 2.75) is 44.7 Å². The standard InChI is InChI=1S/C17H21N3O2S/c1-11-8-12(2)16(14-7-5-4-6-13(11)14)20-10-18-19-17(20)23-9-15(21)22-3/h8,10H,4-7,9H2,1-3H3. The molecule has 3 rings (SSSR count). The van der Waals surface area contributed by atoms with Gasteiger partial charge in [0.1, 0.15) is 6.33 Å². The minimum Gasteiger partial charge on any atom is -0.468 e. The van der Waals surface area contributed by atoms with Gasteiger partial charge in [0, 0.05) is 0 Å². The molecule has 23 heavy (non-hydrogen) atoms. The first kappa shape index (κ1) is 16.1. The molecular weight excluding hydrogens is 310 g/mol. The number of benzene rings is 1. The van der Waals surface area contributed by atoms with Crippen LogP contribution in [-0.4, -0.2) is 33.6 Å². The molecule has 1 aliphatic rings. The third-order valence-electron chi connectivity index (χ3n) is 4.34. The number of aryl methyl sites for hydroxylation is 2. The Morgan fingerprint density at radius 1 is 1.26 bits per heavy atom. The van der Waals surface area contributed by atoms with Gasteiger partial charge in [0.15, 0.2) is 5.16 Å². The fourth-order valence-electron chi connectivity index (χ4n) is 3.31. The molecule has 1 heterocycles. The van der Waals surface area contributed by atoms with Crippen LogP contribution in [0.25, 0.3) is 5.69 Å². The van der Waals surface area contributed by atoms with Crippen LogP contribution in [0.15, 0.2) is 17.6 Å². The first-order valence-corrected chi connectivity index (χ1v) is 8.82. The fraction of sp³-hybridized carbons (Fsp3) is 0.471. The monoisotopic (exact) mass is 331 g/mol. The molecule has 0 radical (unpaired) electrons. The summed E-state index contributed by atoms with van der Waals surface area (Å²) >= 11 is 1.36. The number of nitrogens with zero attached hydrogens (tertiary/aromatic N) is 3. The summed E-state index contributed by atoms with van der Waals surface area (Å²) in [6.07, 6.45) is 6.44. The Morgan fingerprint density at radius 3 is 2.74 bits per heavy atom. The Hall–Kier alpha value is -1.82. The van der Waals surface area contributed by atoms with Crippen LogP contribution >= 0.6 is 11.8 Å². The van der Waals surface area contributed by atoms with Crippen LogP contribution < -0.4 is 0 Å². The summed E-state index contributed by atoms with van der Waals surface area (Å²) in [6, 6.07) is 2.24. The summed E-state index contributed by atoms with van der Waals surface area (Å²) in [5, 5.41) is 8.97. The number of ether oxygens (including phenoxy) is 1. The third-order valence-corrected chi connectivity index (χ3v) is 5.26. The van der Waals surface area contributed by atoms with Gasteiger partial charge in [0.25, 0.3) is 0 Å². The largest absolute Gasteiger partial charge is 0.468 e. The Labute approximate surface area is 140 Å². The lowest BCUT2D eigenvalue weighted by Gasteiger charge is -2.24. The van der Waals surface area contributed by atoms with E-state index in [1.807, 2.05) is 4.57 Å². The second-order valence-electron chi connectivity index (χ2n) is 5.87. The van der Waals surface area contributed by atoms with Gasteiger partial charge < -0.3 is 4.74 Å². The summed E-state index contributed by atoms with van der Waals surface area (Å²) in [6.45, 7) is 4.33. The van der Waals surface area contributed by atoms with Gasteiger partial charge in [0.2, 0.25) is 0 Å². The van der Waals surface area contributed by atoms with E-state index in [0.717, 1.165) is 18.0 Å². The summed E-state index contributed by atoms with van der Waals surface area (Å²) in [5.74, 6) is -0.0188. The van der Waals surface area contributed by atoms with Crippen molar-refractivity contribution in [2.75, 3.05) is 12.9 Å². The molecule has 0 saturated carbocycles. The normalized spacial score (nSPS) is 13.7. The molecule has 122 valence electrons. The molecule has 0 N–H and O–H groups in total. The smallest absolute Gasteiger partial charge is 0.316 e. The minimum atomic E-state index is -0.257. The molecule has 1 aliphatic carbocycles. The van der Waals surface area contributed by atoms with E-state index < -0.39 is 0 Å². The second kappa shape index (κ2) is 6.74. The van der Waals surface area contributed by atoms with Crippen molar-refractivity contribution in [1.29, 1.82) is 0 Å². The van der Waals surface area contributed by atoms with Gasteiger partial charge in [-0.25, -0.2) is 0 Å². The van der Waals surface area contributed by atoms with Gasteiger partial charge in [-0.2, -0.15) is 0 Å². The lowest BCUT2D eigenvalue weighted by atomic mass is 9.85. The highest BCUT2D eigenvalue weighted by Crippen LogP contribution is 2.33. The van der Waals surface area contributed by atoms with Crippen molar-refractivity contribution in [1.82, 2.24) is 14.8 Å². The highest BCUT2D eigenvalue weighted by Gasteiger charge is 2.21. The average molecular weight is 331 g/mol. The Balaban J connectivity index is 2.03. The molecule has 0 aliphatic heterocycles. The highest BCUT2D eigenvalue weighted by molar-refractivity contribution is 7.99. The van der Waals surface area contributed by atoms with Gasteiger partial charge in [-0.3, -0.25) is 9.36 Å². The zero-order valence-corrected chi connectivity index (χ0v) is 14.6. The number of methoxy groups -OCH3 is 1. The van der Waals surface area contributed by atoms with Gasteiger partial charge in [-0.1, -0.05) is 17.8 Å². The first-order chi connectivity index (χ1) is 11.1. The topological polar surface area (TPSA) is 57.0 Å². The third kappa shape index (κ3) is 3.13. The zero-order chi connectivity index (χ0) is 16.4. The Bertz CT molecular complexity index is 740. The molecule has 1 aromatic heterocycles. The molecule has 6 heteroatoms. The summed E-state index contributed by atoms with van der Waals surface area (Å²) in [5.41, 5.74) is 6.66. The molecule has 5 nitrogen and oxygen atoms in total. The molecule has 1 aromatic carbocycles. The molecule has 0 spiro atoms. The maximum absolute atomic E-state index is 11.4. The minimum absolute atomic E-state index is 0.238. The highest BCUT2D eigenvalue weighted by atomic mass is 32.2. The van der Waals surface area contributed by atoms with Crippen LogP contribution in [0.2, 0.25) is 0 Å². The van der Waals surface area contributed by atoms with Crippen LogP contribution in [0.5, 0.6) is 0 Å². The Kier molecular flexibility index (Phi) is 4.71. The van der Waals surface area contributed by atoms with Crippen LogP contribution in [-0.2, 0) is 22.4 Å². The van der Waals surface area contributed by atoms with E-state index in [9.17, 15) is 4.79 Å². The van der Waals surface area contributed by atoms with Crippen LogP contribution in [0.1, 0.15) is 35.1 Å². The molecule has 0 bridgehead atoms. The van der Waals surface area contributed by atoms with Crippen molar-refractivity contribution >= 4 is 17.7 Å². The van der Waals surface area contributed by atoms with Gasteiger partial charge in [-0.05, 0) is 61.8 Å². The molecule has 0 fully saturated rings. The summed E-state index contributed by atoms with van der Waals surface area (Å²) in [7, 11) is 1.40. The number of thioether (sulfide) groups is 1. The van der Waals surface area contributed by atoms with E-state index in [0.29, 0.717) is 0 Å². The van der Waals surface area contributed by atoms with Crippen LogP contribution in [0.3, 0.4) is 0 Å². The van der Waals surface area contributed by atoms with Crippen LogP contribution in [0, 0.1) is 13.8 Å². The van der Waals surface area contributed by atoms with E-state index in [2.05, 4.69) is 30.1 Å². The maximum Gasteiger partial charge on any atom is 0.316 e. The van der Waals surface area contributed by atoms with Crippen molar-refractivity contribution < 1.29 is 9.53 Å². The maximum atomic E-state index is 11.4. The number of aromatic nitrogens is 3. The van der Waals surface area contributed by atoms with Gasteiger partial charge >= 0.3 is 5.97 Å². The summed E-state index contributed by atoms with van der Waals surface area (Å²) < 4.78 is 6.73. The second-order valence-corrected chi connectivity index (χ2v) is 6.81. The number of rotatable bonds is 4. The van der Waals surface area contributed by atoms with Crippen molar-refractivity contribution in [3.05, 3.63) is 34.6 Å². The van der Waals surface area contributed by atoms with E-state index in [-0.39, 0.29) is 11.7 Å². The predicted molar refractivity (Wildman–Crippen MR) is 90.2 cm³/mol. The van der Waals surface area contributed by atoms with Crippen molar-refractivity contribution in [3.8, 4) is 5.69 Å². The van der Waals surface area contributed by atoms with Gasteiger partial charge in [-0.15, -0.1) is 10.2 Å². The van der Waals surface area contributed by atoms with Crippen LogP contribution in [0.4, 0.5) is 0 Å². The Morgan fingerprint density at radius 2 is 2.00 bits per heavy atom. The number of hydrogen-bond acceptors (Lipinski definition) is 5. The average Bonchev–Trinajstić information content (AvgIpc) is 3.01. The van der Waals surface area contributed by atoms with Crippen molar-refractivity contribution in [2.24, 2.45) is 0 Å². The molecular formula is C17H21N3O2S. The number of hydrogen-bond donors (Lipinski definition) is 0. The van der Waals surface area contributed by atoms with E-state index in [1.165, 1.54) is 59.7 Å². The molecule has 2 aromatic rings. The molecule has 0 amide bonds. The lowest BCUT2D eigenvalue weighted by molar-refractivity contribution is -0.137. The number of fused-ring (bicyclic) bond motifs is 1. The number of carbonyl (C=O) groups excluding carboxylic acids is 1. The van der Waals surface area contributed by atoms with Gasteiger partial charge in [0.05, 0.1) is 18.6 Å². The number of carbonyl (C=O) groups is 1. The predicted octanol–water partition coefficient (Wildman–Crippen LogP) is 3.03. The zero-order valence-electron chi connectivity index (χ0n) is 13.8. The van der Waals surface area contributed by atoms with Crippen molar-refractivity contribution in [3.63, 3.8) is 0 Å². The fourth-order valence-corrected chi connectivity index (χ4v) is 4.06. The quantitative estimate of drug-likeness (QED) is 0.637. The van der Waals surface area contributed by atoms with E-state index in [1.54, 1.807) is 6.33 Å². The number of esters is 1. The molecule has 0 unspecified atom stereocenters. The van der Waals surface area contributed by atoms with E-state index in [4.69, 9.17) is 4.74 Å². The SMILES string of the molecule is COC(=O)CSc1nncn1-c1c(C)cc(C)c2c1CCCC2.